The SMILES string of the molecule is CCc1cc2c(CSc3nnc(-c4cccc(C)c4)o3)cc(=O)oc2cc1O. The summed E-state index contributed by atoms with van der Waals surface area (Å²) in [5.41, 5.74) is 3.48. The van der Waals surface area contributed by atoms with Crippen LogP contribution in [0.1, 0.15) is 23.6 Å². The summed E-state index contributed by atoms with van der Waals surface area (Å²) in [6, 6.07) is 12.7. The van der Waals surface area contributed by atoms with Gasteiger partial charge in [0.2, 0.25) is 5.89 Å². The van der Waals surface area contributed by atoms with E-state index in [1.54, 1.807) is 0 Å². The van der Waals surface area contributed by atoms with E-state index in [0.29, 0.717) is 28.9 Å². The van der Waals surface area contributed by atoms with E-state index >= 15 is 0 Å². The van der Waals surface area contributed by atoms with Gasteiger partial charge in [0, 0.05) is 28.8 Å². The fourth-order valence-corrected chi connectivity index (χ4v) is 3.77. The summed E-state index contributed by atoms with van der Waals surface area (Å²) in [6.45, 7) is 3.96. The monoisotopic (exact) mass is 394 g/mol. The van der Waals surface area contributed by atoms with Crippen molar-refractivity contribution in [1.82, 2.24) is 10.2 Å². The van der Waals surface area contributed by atoms with Crippen LogP contribution in [0.4, 0.5) is 0 Å². The van der Waals surface area contributed by atoms with Crippen LogP contribution in [0, 0.1) is 6.92 Å². The van der Waals surface area contributed by atoms with E-state index < -0.39 is 5.63 Å². The Morgan fingerprint density at radius 1 is 1.07 bits per heavy atom. The summed E-state index contributed by atoms with van der Waals surface area (Å²) < 4.78 is 11.0. The van der Waals surface area contributed by atoms with Crippen LogP contribution in [-0.4, -0.2) is 15.3 Å². The van der Waals surface area contributed by atoms with Crippen molar-refractivity contribution in [3.05, 3.63) is 69.6 Å². The van der Waals surface area contributed by atoms with E-state index in [4.69, 9.17) is 8.83 Å². The minimum atomic E-state index is -0.460. The zero-order valence-electron chi connectivity index (χ0n) is 15.4. The van der Waals surface area contributed by atoms with E-state index in [1.165, 1.54) is 23.9 Å². The lowest BCUT2D eigenvalue weighted by Crippen LogP contribution is -2.00. The Morgan fingerprint density at radius 2 is 1.93 bits per heavy atom. The first-order chi connectivity index (χ1) is 13.5. The van der Waals surface area contributed by atoms with Gasteiger partial charge in [0.15, 0.2) is 0 Å². The lowest BCUT2D eigenvalue weighted by atomic mass is 10.1. The van der Waals surface area contributed by atoms with Crippen molar-refractivity contribution < 1.29 is 13.9 Å². The maximum Gasteiger partial charge on any atom is 0.336 e. The number of benzene rings is 2. The molecule has 2 aromatic heterocycles. The number of phenolic OH excluding ortho intramolecular Hbond substituents is 1. The molecule has 4 aromatic rings. The molecule has 2 heterocycles. The molecule has 0 aliphatic rings. The second-order valence-electron chi connectivity index (χ2n) is 6.45. The van der Waals surface area contributed by atoms with Crippen LogP contribution in [0.25, 0.3) is 22.4 Å². The van der Waals surface area contributed by atoms with Crippen molar-refractivity contribution in [1.29, 1.82) is 0 Å². The molecule has 1 N–H and O–H groups in total. The normalized spacial score (nSPS) is 11.2. The fraction of sp³-hybridized carbons (Fsp3) is 0.190. The van der Waals surface area contributed by atoms with Gasteiger partial charge in [-0.2, -0.15) is 0 Å². The Kier molecular flexibility index (Phi) is 4.92. The summed E-state index contributed by atoms with van der Waals surface area (Å²) >= 11 is 1.35. The van der Waals surface area contributed by atoms with E-state index in [2.05, 4.69) is 10.2 Å². The molecular weight excluding hydrogens is 376 g/mol. The molecule has 4 rings (SSSR count). The molecular formula is C21H18N2O4S. The number of aromatic nitrogens is 2. The third-order valence-electron chi connectivity index (χ3n) is 4.43. The van der Waals surface area contributed by atoms with E-state index in [-0.39, 0.29) is 5.75 Å². The maximum absolute atomic E-state index is 11.9. The fourth-order valence-electron chi connectivity index (χ4n) is 3.01. The number of rotatable bonds is 5. The van der Waals surface area contributed by atoms with Crippen molar-refractivity contribution in [2.24, 2.45) is 0 Å². The molecule has 0 saturated heterocycles. The summed E-state index contributed by atoms with van der Waals surface area (Å²) in [7, 11) is 0. The van der Waals surface area contributed by atoms with Gasteiger partial charge in [-0.05, 0) is 42.7 Å². The Hall–Kier alpha value is -3.06. The molecule has 0 radical (unpaired) electrons. The van der Waals surface area contributed by atoms with Crippen LogP contribution in [0.15, 0.2) is 61.3 Å². The van der Waals surface area contributed by atoms with Crippen LogP contribution < -0.4 is 5.63 Å². The predicted octanol–water partition coefficient (Wildman–Crippen LogP) is 4.71. The van der Waals surface area contributed by atoms with E-state index in [1.807, 2.05) is 44.2 Å². The minimum absolute atomic E-state index is 0.127. The lowest BCUT2D eigenvalue weighted by Gasteiger charge is -2.07. The smallest absolute Gasteiger partial charge is 0.336 e. The average molecular weight is 394 g/mol. The first kappa shape index (κ1) is 18.3. The van der Waals surface area contributed by atoms with Crippen LogP contribution >= 0.6 is 11.8 Å². The third-order valence-corrected chi connectivity index (χ3v) is 5.30. The second-order valence-corrected chi connectivity index (χ2v) is 7.38. The van der Waals surface area contributed by atoms with Gasteiger partial charge >= 0.3 is 5.63 Å². The maximum atomic E-state index is 11.9. The number of phenols is 1. The molecule has 0 aliphatic carbocycles. The molecule has 142 valence electrons. The van der Waals surface area contributed by atoms with Crippen molar-refractivity contribution >= 4 is 22.7 Å². The van der Waals surface area contributed by atoms with Gasteiger partial charge in [-0.3, -0.25) is 0 Å². The molecule has 2 aromatic carbocycles. The summed E-state index contributed by atoms with van der Waals surface area (Å²) in [4.78, 5) is 11.9. The van der Waals surface area contributed by atoms with Gasteiger partial charge in [-0.1, -0.05) is 36.4 Å². The molecule has 28 heavy (non-hydrogen) atoms. The lowest BCUT2D eigenvalue weighted by molar-refractivity contribution is 0.465. The Morgan fingerprint density at radius 3 is 2.71 bits per heavy atom. The van der Waals surface area contributed by atoms with Crippen molar-refractivity contribution in [3.63, 3.8) is 0 Å². The molecule has 0 spiro atoms. The number of hydrogen-bond acceptors (Lipinski definition) is 7. The van der Waals surface area contributed by atoms with Gasteiger partial charge in [0.05, 0.1) is 0 Å². The molecule has 6 nitrogen and oxygen atoms in total. The Bertz CT molecular complexity index is 1210. The van der Waals surface area contributed by atoms with E-state index in [0.717, 1.165) is 27.6 Å². The molecule has 0 fully saturated rings. The number of aryl methyl sites for hydroxylation is 2. The van der Waals surface area contributed by atoms with Crippen LogP contribution in [0.5, 0.6) is 5.75 Å². The zero-order valence-corrected chi connectivity index (χ0v) is 16.2. The average Bonchev–Trinajstić information content (AvgIpc) is 3.14. The number of aromatic hydroxyl groups is 1. The quantitative estimate of drug-likeness (QED) is 0.387. The Balaban J connectivity index is 1.62. The summed E-state index contributed by atoms with van der Waals surface area (Å²) in [6.07, 6.45) is 0.678. The second kappa shape index (κ2) is 7.52. The standard InChI is InChI=1S/C21H18N2O4S/c1-3-13-8-16-15(9-19(25)26-18(16)10-17(13)24)11-28-21-23-22-20(27-21)14-6-4-5-12(2)7-14/h4-10,24H,3,11H2,1-2H3. The molecule has 0 saturated carbocycles. The zero-order chi connectivity index (χ0) is 19.7. The van der Waals surface area contributed by atoms with Gasteiger partial charge in [-0.25, -0.2) is 4.79 Å². The number of fused-ring (bicyclic) bond motifs is 1. The van der Waals surface area contributed by atoms with Crippen molar-refractivity contribution in [2.45, 2.75) is 31.2 Å². The highest BCUT2D eigenvalue weighted by Crippen LogP contribution is 2.31. The van der Waals surface area contributed by atoms with Gasteiger partial charge in [-0.15, -0.1) is 10.2 Å². The number of hydrogen-bond donors (Lipinski definition) is 1. The topological polar surface area (TPSA) is 89.4 Å². The number of nitrogens with zero attached hydrogens (tertiary/aromatic N) is 2. The highest BCUT2D eigenvalue weighted by atomic mass is 32.2. The first-order valence-corrected chi connectivity index (χ1v) is 9.84. The molecule has 0 amide bonds. The highest BCUT2D eigenvalue weighted by Gasteiger charge is 2.13. The molecule has 0 bridgehead atoms. The van der Waals surface area contributed by atoms with Crippen molar-refractivity contribution in [3.8, 4) is 17.2 Å². The summed E-state index contributed by atoms with van der Waals surface area (Å²) in [5, 5.41) is 19.4. The predicted molar refractivity (Wildman–Crippen MR) is 108 cm³/mol. The van der Waals surface area contributed by atoms with E-state index in [9.17, 15) is 9.90 Å². The van der Waals surface area contributed by atoms with Crippen LogP contribution in [-0.2, 0) is 12.2 Å². The van der Waals surface area contributed by atoms with Gasteiger partial charge < -0.3 is 13.9 Å². The molecule has 0 atom stereocenters. The van der Waals surface area contributed by atoms with Crippen LogP contribution in [0.2, 0.25) is 0 Å². The third kappa shape index (κ3) is 3.66. The number of thioether (sulfide) groups is 1. The molecule has 7 heteroatoms. The van der Waals surface area contributed by atoms with Crippen molar-refractivity contribution in [2.75, 3.05) is 0 Å². The first-order valence-electron chi connectivity index (χ1n) is 8.85. The summed E-state index contributed by atoms with van der Waals surface area (Å²) in [5.74, 6) is 1.05. The molecule has 0 unspecified atom stereocenters. The Labute approximate surface area is 165 Å². The largest absolute Gasteiger partial charge is 0.508 e. The van der Waals surface area contributed by atoms with Crippen LogP contribution in [0.3, 0.4) is 0 Å². The van der Waals surface area contributed by atoms with Gasteiger partial charge in [0.25, 0.3) is 5.22 Å². The van der Waals surface area contributed by atoms with Gasteiger partial charge in [0.1, 0.15) is 11.3 Å². The highest BCUT2D eigenvalue weighted by molar-refractivity contribution is 7.98. The minimum Gasteiger partial charge on any atom is -0.508 e. The molecule has 0 aliphatic heterocycles.